The van der Waals surface area contributed by atoms with Gasteiger partial charge in [-0.05, 0) is 31.6 Å². The summed E-state index contributed by atoms with van der Waals surface area (Å²) in [6.07, 6.45) is 53.2. The highest BCUT2D eigenvalue weighted by Gasteiger charge is 2.30. The molecule has 540 valence electrons. The largest absolute Gasteiger partial charge is 0.472 e. The van der Waals surface area contributed by atoms with Crippen molar-refractivity contribution in [1.29, 1.82) is 0 Å². The van der Waals surface area contributed by atoms with Crippen LogP contribution in [0.2, 0.25) is 0 Å². The lowest BCUT2D eigenvalue weighted by molar-refractivity contribution is -0.161. The first-order valence-electron chi connectivity index (χ1n) is 37.6. The van der Waals surface area contributed by atoms with Gasteiger partial charge in [-0.25, -0.2) is 9.13 Å². The maximum atomic E-state index is 13.1. The lowest BCUT2D eigenvalue weighted by atomic mass is 10.0. The Bertz CT molecular complexity index is 1750. The summed E-state index contributed by atoms with van der Waals surface area (Å²) in [5.41, 5.74) is 0. The second kappa shape index (κ2) is 65.4. The van der Waals surface area contributed by atoms with Crippen LogP contribution in [-0.2, 0) is 65.4 Å². The van der Waals surface area contributed by atoms with E-state index in [-0.39, 0.29) is 25.7 Å². The second-order valence-corrected chi connectivity index (χ2v) is 29.4. The molecule has 0 saturated carbocycles. The monoisotopic (exact) mass is 1340 g/mol. The van der Waals surface area contributed by atoms with Crippen molar-refractivity contribution in [3.63, 3.8) is 0 Å². The van der Waals surface area contributed by atoms with E-state index in [1.807, 2.05) is 0 Å². The molecule has 0 amide bonds. The van der Waals surface area contributed by atoms with E-state index >= 15 is 0 Å². The molecule has 0 radical (unpaired) electrons. The zero-order chi connectivity index (χ0) is 67.0. The van der Waals surface area contributed by atoms with Crippen LogP contribution in [-0.4, -0.2) is 96.7 Å². The van der Waals surface area contributed by atoms with E-state index in [1.54, 1.807) is 0 Å². The number of aliphatic hydroxyl groups excluding tert-OH is 1. The number of aliphatic hydroxyl groups is 1. The summed E-state index contributed by atoms with van der Waals surface area (Å²) in [7, 11) is -9.89. The van der Waals surface area contributed by atoms with Crippen molar-refractivity contribution in [2.75, 3.05) is 39.6 Å². The van der Waals surface area contributed by atoms with Crippen LogP contribution in [0.25, 0.3) is 0 Å². The minimum Gasteiger partial charge on any atom is -0.462 e. The quantitative estimate of drug-likeness (QED) is 0.0222. The van der Waals surface area contributed by atoms with Gasteiger partial charge in [0.2, 0.25) is 0 Å². The van der Waals surface area contributed by atoms with Crippen LogP contribution in [0.1, 0.15) is 375 Å². The first-order chi connectivity index (χ1) is 44.0. The van der Waals surface area contributed by atoms with E-state index in [0.29, 0.717) is 25.7 Å². The van der Waals surface area contributed by atoms with Gasteiger partial charge in [0.15, 0.2) is 12.2 Å². The maximum absolute atomic E-state index is 13.1. The fourth-order valence-corrected chi connectivity index (χ4v) is 12.6. The van der Waals surface area contributed by atoms with Gasteiger partial charge in [0.1, 0.15) is 19.3 Å². The van der Waals surface area contributed by atoms with Gasteiger partial charge in [-0.1, -0.05) is 324 Å². The molecule has 3 N–H and O–H groups in total. The maximum Gasteiger partial charge on any atom is 0.472 e. The summed E-state index contributed by atoms with van der Waals surface area (Å²) in [6, 6.07) is 0. The van der Waals surface area contributed by atoms with Gasteiger partial charge in [0, 0.05) is 25.7 Å². The molecule has 91 heavy (non-hydrogen) atoms. The Morgan fingerprint density at radius 3 is 0.747 bits per heavy atom. The van der Waals surface area contributed by atoms with Crippen LogP contribution in [0, 0.1) is 5.92 Å². The third-order valence-corrected chi connectivity index (χ3v) is 18.7. The Hall–Kier alpha value is -1.94. The zero-order valence-electron chi connectivity index (χ0n) is 59.0. The third kappa shape index (κ3) is 66.5. The van der Waals surface area contributed by atoms with Crippen molar-refractivity contribution in [3.05, 3.63) is 0 Å². The minimum atomic E-state index is -4.95. The van der Waals surface area contributed by atoms with Crippen LogP contribution in [0.3, 0.4) is 0 Å². The summed E-state index contributed by atoms with van der Waals surface area (Å²) >= 11 is 0. The lowest BCUT2D eigenvalue weighted by Gasteiger charge is -2.21. The molecule has 0 aromatic heterocycles. The van der Waals surface area contributed by atoms with Gasteiger partial charge in [0.25, 0.3) is 0 Å². The summed E-state index contributed by atoms with van der Waals surface area (Å²) in [4.78, 5) is 72.3. The van der Waals surface area contributed by atoms with E-state index < -0.39 is 97.5 Å². The highest BCUT2D eigenvalue weighted by Crippen LogP contribution is 2.45. The zero-order valence-corrected chi connectivity index (χ0v) is 60.8. The molecule has 0 heterocycles. The predicted octanol–water partition coefficient (Wildman–Crippen LogP) is 20.9. The average Bonchev–Trinajstić information content (AvgIpc) is 3.48. The van der Waals surface area contributed by atoms with Gasteiger partial charge < -0.3 is 33.8 Å². The molecule has 0 aliphatic carbocycles. The summed E-state index contributed by atoms with van der Waals surface area (Å²) in [6.45, 7) is 7.19. The molecule has 2 unspecified atom stereocenters. The molecule has 0 fully saturated rings. The predicted molar refractivity (Wildman–Crippen MR) is 368 cm³/mol. The average molecular weight is 1340 g/mol. The topological polar surface area (TPSA) is 237 Å². The molecule has 5 atom stereocenters. The van der Waals surface area contributed by atoms with Gasteiger partial charge in [0.05, 0.1) is 26.4 Å². The number of esters is 4. The molecular formula is C72H140O17P2. The van der Waals surface area contributed by atoms with Crippen LogP contribution in [0.15, 0.2) is 0 Å². The van der Waals surface area contributed by atoms with Crippen molar-refractivity contribution in [2.45, 2.75) is 393 Å². The lowest BCUT2D eigenvalue weighted by Crippen LogP contribution is -2.30. The van der Waals surface area contributed by atoms with Crippen LogP contribution in [0.5, 0.6) is 0 Å². The van der Waals surface area contributed by atoms with Crippen molar-refractivity contribution in [3.8, 4) is 0 Å². The van der Waals surface area contributed by atoms with E-state index in [9.17, 15) is 43.2 Å². The molecule has 0 saturated heterocycles. The molecular weight excluding hydrogens is 1200 g/mol. The Balaban J connectivity index is 5.11. The smallest absolute Gasteiger partial charge is 0.462 e. The first-order valence-corrected chi connectivity index (χ1v) is 40.6. The molecule has 0 aliphatic rings. The van der Waals surface area contributed by atoms with Gasteiger partial charge in [-0.2, -0.15) is 0 Å². The third-order valence-electron chi connectivity index (χ3n) is 16.8. The van der Waals surface area contributed by atoms with Crippen LogP contribution < -0.4 is 0 Å². The summed E-state index contributed by atoms with van der Waals surface area (Å²) < 4.78 is 68.1. The van der Waals surface area contributed by atoms with Crippen molar-refractivity contribution in [1.82, 2.24) is 0 Å². The van der Waals surface area contributed by atoms with Crippen LogP contribution >= 0.6 is 15.6 Å². The van der Waals surface area contributed by atoms with E-state index in [0.717, 1.165) is 115 Å². The number of carbonyl (C=O) groups excluding carboxylic acids is 4. The van der Waals surface area contributed by atoms with Gasteiger partial charge in [-0.15, -0.1) is 0 Å². The highest BCUT2D eigenvalue weighted by molar-refractivity contribution is 7.47. The molecule has 19 heteroatoms. The molecule has 0 bridgehead atoms. The number of carbonyl (C=O) groups is 4. The number of unbranched alkanes of at least 4 members (excludes halogenated alkanes) is 44. The number of phosphoric acid groups is 2. The Morgan fingerprint density at radius 2 is 0.505 bits per heavy atom. The van der Waals surface area contributed by atoms with Crippen molar-refractivity contribution >= 4 is 39.5 Å². The molecule has 0 aromatic rings. The Kier molecular flexibility index (Phi) is 64.0. The SMILES string of the molecule is CCCCCCCCCCCCCCCCCCCCCCCCC(=O)O[C@H](COC(=O)CCCCCCCCCCCCCC(C)C)COP(=O)(O)OC[C@@H](O)COP(=O)(O)OC[C@@H](COC(=O)CCCCCCCCC)OC(=O)CCCCCCCCCC. The number of rotatable bonds is 72. The minimum absolute atomic E-state index is 0.105. The Labute approximate surface area is 556 Å². The number of phosphoric ester groups is 2. The standard InChI is InChI=1S/C72H140O17P2/c1-6-9-12-15-18-20-21-22-23-24-25-26-27-28-29-30-31-34-38-43-48-53-58-72(77)89-68(62-83-70(75)56-51-46-42-37-35-32-33-36-40-44-49-54-65(4)5)64-87-91(80,81)85-60-66(73)59-84-90(78,79)86-63-67(61-82-69(74)55-50-45-39-17-14-11-8-3)88-71(76)57-52-47-41-19-16-13-10-7-2/h65-68,73H,6-64H2,1-5H3,(H,78,79)(H,80,81)/t66-,67+,68+/m0/s1. The normalized spacial score (nSPS) is 14.0. The Morgan fingerprint density at radius 1 is 0.297 bits per heavy atom. The molecule has 0 aromatic carbocycles. The number of hydrogen-bond donors (Lipinski definition) is 3. The van der Waals surface area contributed by atoms with E-state index in [2.05, 4.69) is 34.6 Å². The second-order valence-electron chi connectivity index (χ2n) is 26.5. The molecule has 17 nitrogen and oxygen atoms in total. The van der Waals surface area contributed by atoms with Crippen LogP contribution in [0.4, 0.5) is 0 Å². The first kappa shape index (κ1) is 89.1. The van der Waals surface area contributed by atoms with Crippen molar-refractivity contribution < 1.29 is 80.2 Å². The van der Waals surface area contributed by atoms with Crippen molar-refractivity contribution in [2.24, 2.45) is 5.92 Å². The molecule has 0 spiro atoms. The van der Waals surface area contributed by atoms with Gasteiger partial charge in [-0.3, -0.25) is 37.3 Å². The van der Waals surface area contributed by atoms with E-state index in [4.69, 9.17) is 37.0 Å². The van der Waals surface area contributed by atoms with Gasteiger partial charge >= 0.3 is 39.5 Å². The molecule has 0 rings (SSSR count). The fraction of sp³-hybridized carbons (Fsp3) is 0.944. The number of ether oxygens (including phenoxy) is 4. The van der Waals surface area contributed by atoms with E-state index in [1.165, 1.54) is 180 Å². The fourth-order valence-electron chi connectivity index (χ4n) is 11.0. The summed E-state index contributed by atoms with van der Waals surface area (Å²) in [5.74, 6) is -1.36. The highest BCUT2D eigenvalue weighted by atomic mass is 31.2. The number of hydrogen-bond acceptors (Lipinski definition) is 15. The molecule has 0 aliphatic heterocycles. The summed E-state index contributed by atoms with van der Waals surface area (Å²) in [5, 5.41) is 10.6.